The summed E-state index contributed by atoms with van der Waals surface area (Å²) in [5.74, 6) is 0.389. The van der Waals surface area contributed by atoms with Crippen LogP contribution in [0.3, 0.4) is 0 Å². The number of aromatic hydroxyl groups is 1. The van der Waals surface area contributed by atoms with Crippen molar-refractivity contribution in [3.63, 3.8) is 0 Å². The fourth-order valence-corrected chi connectivity index (χ4v) is 1.11. The first-order chi connectivity index (χ1) is 5.02. The molecule has 12 heavy (non-hydrogen) atoms. The highest BCUT2D eigenvalue weighted by Crippen LogP contribution is 2.29. The zero-order valence-corrected chi connectivity index (χ0v) is 8.99. The van der Waals surface area contributed by atoms with Gasteiger partial charge in [0.15, 0.2) is 0 Å². The van der Waals surface area contributed by atoms with Crippen LogP contribution in [0.1, 0.15) is 26.3 Å². The molecule has 0 aliphatic rings. The Morgan fingerprint density at radius 2 is 1.58 bits per heavy atom. The molecule has 1 aromatic carbocycles. The minimum Gasteiger partial charge on any atom is -0.508 e. The van der Waals surface area contributed by atoms with Crippen LogP contribution in [0.5, 0.6) is 5.75 Å². The van der Waals surface area contributed by atoms with Gasteiger partial charge >= 0.3 is 0 Å². The summed E-state index contributed by atoms with van der Waals surface area (Å²) in [5, 5.41) is 9.45. The summed E-state index contributed by atoms with van der Waals surface area (Å²) < 4.78 is 0. The van der Waals surface area contributed by atoms with Crippen LogP contribution in [-0.4, -0.2) is 22.5 Å². The molecule has 0 saturated carbocycles. The number of phenolic OH excluding ortho intramolecular Hbond substituents is 1. The largest absolute Gasteiger partial charge is 0.508 e. The summed E-state index contributed by atoms with van der Waals surface area (Å²) >= 11 is 0. The van der Waals surface area contributed by atoms with E-state index in [0.29, 0.717) is 5.75 Å². The van der Waals surface area contributed by atoms with Crippen LogP contribution >= 0.6 is 0 Å². The first-order valence-electron chi connectivity index (χ1n) is 3.80. The third-order valence-electron chi connectivity index (χ3n) is 1.71. The number of benzene rings is 1. The van der Waals surface area contributed by atoms with E-state index < -0.39 is 0 Å². The van der Waals surface area contributed by atoms with Crippen LogP contribution in [0.4, 0.5) is 0 Å². The van der Waals surface area contributed by atoms with Gasteiger partial charge in [0.2, 0.25) is 0 Å². The molecule has 1 N–H and O–H groups in total. The molecule has 0 bridgehead atoms. The Morgan fingerprint density at radius 1 is 1.08 bits per heavy atom. The number of phenols is 1. The van der Waals surface area contributed by atoms with E-state index >= 15 is 0 Å². The molecule has 0 aromatic heterocycles. The van der Waals surface area contributed by atoms with Gasteiger partial charge in [0, 0.05) is 17.4 Å². The van der Waals surface area contributed by atoms with Crippen LogP contribution in [0, 0.1) is 0 Å². The lowest BCUT2D eigenvalue weighted by Gasteiger charge is -2.19. The zero-order valence-electron chi connectivity index (χ0n) is 7.83. The van der Waals surface area contributed by atoms with Crippen molar-refractivity contribution in [2.24, 2.45) is 0 Å². The molecule has 0 unspecified atom stereocenters. The summed E-state index contributed by atoms with van der Waals surface area (Å²) in [6.45, 7) is 6.26. The third kappa shape index (κ3) is 2.55. The molecule has 0 amide bonds. The van der Waals surface area contributed by atoms with Gasteiger partial charge in [-0.3, -0.25) is 0 Å². The van der Waals surface area contributed by atoms with Gasteiger partial charge in [-0.05, 0) is 17.0 Å². The minimum atomic E-state index is 0. The molecule has 0 fully saturated rings. The number of para-hydroxylation sites is 1. The van der Waals surface area contributed by atoms with E-state index in [9.17, 15) is 5.11 Å². The predicted molar refractivity (Wildman–Crippen MR) is 52.6 cm³/mol. The van der Waals surface area contributed by atoms with E-state index in [4.69, 9.17) is 0 Å². The fourth-order valence-electron chi connectivity index (χ4n) is 1.11. The van der Waals surface area contributed by atoms with Gasteiger partial charge in [-0.15, -0.1) is 0 Å². The second-order valence-corrected chi connectivity index (χ2v) is 3.77. The van der Waals surface area contributed by atoms with Crippen molar-refractivity contribution in [3.8, 4) is 5.75 Å². The van der Waals surface area contributed by atoms with Crippen molar-refractivity contribution >= 4 is 17.4 Å². The SMILES string of the molecule is CC(C)(C)c1ccccc1O.[Al]. The van der Waals surface area contributed by atoms with E-state index in [0.717, 1.165) is 5.56 Å². The molecule has 63 valence electrons. The Labute approximate surface area is 84.6 Å². The van der Waals surface area contributed by atoms with Crippen LogP contribution < -0.4 is 0 Å². The van der Waals surface area contributed by atoms with Crippen molar-refractivity contribution in [3.05, 3.63) is 29.8 Å². The third-order valence-corrected chi connectivity index (χ3v) is 1.71. The maximum absolute atomic E-state index is 9.45. The Morgan fingerprint density at radius 3 is 1.92 bits per heavy atom. The van der Waals surface area contributed by atoms with E-state index in [-0.39, 0.29) is 22.8 Å². The standard InChI is InChI=1S/C10H14O.Al/c1-10(2,3)8-6-4-5-7-9(8)11;/h4-7,11H,1-3H3;. The predicted octanol–water partition coefficient (Wildman–Crippen LogP) is 2.31. The molecule has 0 saturated heterocycles. The van der Waals surface area contributed by atoms with Crippen molar-refractivity contribution in [2.75, 3.05) is 0 Å². The van der Waals surface area contributed by atoms with Gasteiger partial charge in [0.1, 0.15) is 5.75 Å². The second-order valence-electron chi connectivity index (χ2n) is 3.77. The summed E-state index contributed by atoms with van der Waals surface area (Å²) in [6.07, 6.45) is 0. The number of rotatable bonds is 0. The lowest BCUT2D eigenvalue weighted by atomic mass is 9.86. The molecule has 1 aromatic rings. The topological polar surface area (TPSA) is 20.2 Å². The van der Waals surface area contributed by atoms with Gasteiger partial charge in [-0.2, -0.15) is 0 Å². The maximum Gasteiger partial charge on any atom is 0.119 e. The zero-order chi connectivity index (χ0) is 8.48. The summed E-state index contributed by atoms with van der Waals surface area (Å²) in [7, 11) is 0. The molecular weight excluding hydrogens is 163 g/mol. The lowest BCUT2D eigenvalue weighted by Crippen LogP contribution is -2.10. The van der Waals surface area contributed by atoms with Crippen molar-refractivity contribution in [1.82, 2.24) is 0 Å². The molecule has 1 nitrogen and oxygen atoms in total. The first kappa shape index (κ1) is 11.6. The highest BCUT2D eigenvalue weighted by atomic mass is 27.0. The summed E-state index contributed by atoms with van der Waals surface area (Å²) in [4.78, 5) is 0. The quantitative estimate of drug-likeness (QED) is 0.603. The number of hydrogen-bond acceptors (Lipinski definition) is 1. The Kier molecular flexibility index (Phi) is 3.83. The minimum absolute atomic E-state index is 0. The molecule has 0 aliphatic carbocycles. The summed E-state index contributed by atoms with van der Waals surface area (Å²) in [5.41, 5.74) is 1.03. The van der Waals surface area contributed by atoms with Crippen LogP contribution in [0.25, 0.3) is 0 Å². The first-order valence-corrected chi connectivity index (χ1v) is 3.80. The van der Waals surface area contributed by atoms with Crippen LogP contribution in [0.2, 0.25) is 0 Å². The Hall–Kier alpha value is -0.448. The average molecular weight is 177 g/mol. The average Bonchev–Trinajstić information content (AvgIpc) is 1.86. The van der Waals surface area contributed by atoms with Gasteiger partial charge in [0.25, 0.3) is 0 Å². The van der Waals surface area contributed by atoms with Crippen molar-refractivity contribution in [2.45, 2.75) is 26.2 Å². The lowest BCUT2D eigenvalue weighted by molar-refractivity contribution is 0.447. The molecule has 3 radical (unpaired) electrons. The normalized spacial score (nSPS) is 10.6. The monoisotopic (exact) mass is 177 g/mol. The molecule has 1 rings (SSSR count). The molecule has 0 aliphatic heterocycles. The Bertz CT molecular complexity index is 250. The molecule has 0 heterocycles. The summed E-state index contributed by atoms with van der Waals surface area (Å²) in [6, 6.07) is 7.46. The highest BCUT2D eigenvalue weighted by Gasteiger charge is 2.16. The fraction of sp³-hybridized carbons (Fsp3) is 0.400. The van der Waals surface area contributed by atoms with E-state index in [1.807, 2.05) is 18.2 Å². The van der Waals surface area contributed by atoms with Gasteiger partial charge in [-0.25, -0.2) is 0 Å². The molecule has 0 atom stereocenters. The Balaban J connectivity index is 0.00000121. The van der Waals surface area contributed by atoms with E-state index in [2.05, 4.69) is 20.8 Å². The number of hydrogen-bond donors (Lipinski definition) is 1. The van der Waals surface area contributed by atoms with E-state index in [1.54, 1.807) is 6.07 Å². The smallest absolute Gasteiger partial charge is 0.119 e. The van der Waals surface area contributed by atoms with Crippen LogP contribution in [-0.2, 0) is 5.41 Å². The highest BCUT2D eigenvalue weighted by molar-refractivity contribution is 5.75. The molecular formula is C10H14AlO. The van der Waals surface area contributed by atoms with E-state index in [1.165, 1.54) is 0 Å². The van der Waals surface area contributed by atoms with Crippen molar-refractivity contribution < 1.29 is 5.11 Å². The van der Waals surface area contributed by atoms with Gasteiger partial charge < -0.3 is 5.11 Å². The molecule has 2 heteroatoms. The van der Waals surface area contributed by atoms with Crippen LogP contribution in [0.15, 0.2) is 24.3 Å². The van der Waals surface area contributed by atoms with Gasteiger partial charge in [-0.1, -0.05) is 39.0 Å². The molecule has 0 spiro atoms. The second kappa shape index (κ2) is 3.98. The van der Waals surface area contributed by atoms with Crippen molar-refractivity contribution in [1.29, 1.82) is 0 Å². The van der Waals surface area contributed by atoms with Gasteiger partial charge in [0.05, 0.1) is 0 Å². The maximum atomic E-state index is 9.45.